The van der Waals surface area contributed by atoms with Gasteiger partial charge in [-0.3, -0.25) is 4.79 Å². The van der Waals surface area contributed by atoms with Crippen LogP contribution >= 0.6 is 23.2 Å². The highest BCUT2D eigenvalue weighted by molar-refractivity contribution is 6.33. The number of ether oxygens (including phenoxy) is 2. The Kier molecular flexibility index (Phi) is 6.07. The van der Waals surface area contributed by atoms with Crippen LogP contribution in [0.1, 0.15) is 22.3 Å². The van der Waals surface area contributed by atoms with Crippen molar-refractivity contribution >= 4 is 34.9 Å². The van der Waals surface area contributed by atoms with Crippen LogP contribution < -0.4 is 14.4 Å². The predicted octanol–water partition coefficient (Wildman–Crippen LogP) is 4.53. The highest BCUT2D eigenvalue weighted by atomic mass is 35.5. The Labute approximate surface area is 186 Å². The van der Waals surface area contributed by atoms with Crippen LogP contribution in [0.4, 0.5) is 19.0 Å². The van der Waals surface area contributed by atoms with Crippen molar-refractivity contribution in [1.82, 2.24) is 9.88 Å². The van der Waals surface area contributed by atoms with Crippen molar-refractivity contribution in [1.29, 1.82) is 0 Å². The molecule has 2 aliphatic heterocycles. The van der Waals surface area contributed by atoms with Gasteiger partial charge < -0.3 is 19.3 Å². The SMILES string of the molecule is O=C(c1cc(Cl)c2c(c1)OCCCO2)N1CCN(c2ncc(C(F)(F)F)cc2Cl)CC1. The molecule has 1 amide bonds. The molecule has 11 heteroatoms. The van der Waals surface area contributed by atoms with Gasteiger partial charge in [0.05, 0.1) is 28.8 Å². The minimum Gasteiger partial charge on any atom is -0.489 e. The summed E-state index contributed by atoms with van der Waals surface area (Å²) in [5, 5.41) is 0.228. The number of benzene rings is 1. The van der Waals surface area contributed by atoms with Crippen molar-refractivity contribution in [3.63, 3.8) is 0 Å². The number of hydrogen-bond acceptors (Lipinski definition) is 5. The van der Waals surface area contributed by atoms with E-state index in [-0.39, 0.29) is 16.7 Å². The standard InChI is InChI=1S/C20H18Cl2F3N3O3/c21-14-8-12(9-16-17(14)31-7-1-6-30-16)19(29)28-4-2-27(3-5-28)18-15(22)10-13(11-26-18)20(23,24)25/h8-11H,1-7H2. The summed E-state index contributed by atoms with van der Waals surface area (Å²) in [7, 11) is 0. The normalized spacial score (nSPS) is 16.8. The fourth-order valence-electron chi connectivity index (χ4n) is 3.48. The molecule has 1 aromatic heterocycles. The van der Waals surface area contributed by atoms with Gasteiger partial charge in [-0.15, -0.1) is 0 Å². The molecule has 0 unspecified atom stereocenters. The summed E-state index contributed by atoms with van der Waals surface area (Å²) >= 11 is 12.3. The van der Waals surface area contributed by atoms with E-state index in [4.69, 9.17) is 32.7 Å². The molecule has 0 radical (unpaired) electrons. The Balaban J connectivity index is 1.45. The molecule has 0 spiro atoms. The molecule has 1 aromatic carbocycles. The highest BCUT2D eigenvalue weighted by Crippen LogP contribution is 2.38. The zero-order valence-electron chi connectivity index (χ0n) is 16.2. The maximum Gasteiger partial charge on any atom is 0.417 e. The molecular formula is C20H18Cl2F3N3O3. The number of hydrogen-bond donors (Lipinski definition) is 0. The van der Waals surface area contributed by atoms with E-state index in [0.29, 0.717) is 61.5 Å². The van der Waals surface area contributed by atoms with Crippen LogP contribution in [0.15, 0.2) is 24.4 Å². The molecule has 0 atom stereocenters. The molecule has 1 fully saturated rings. The highest BCUT2D eigenvalue weighted by Gasteiger charge is 2.32. The van der Waals surface area contributed by atoms with E-state index in [9.17, 15) is 18.0 Å². The van der Waals surface area contributed by atoms with Crippen LogP contribution in [0.3, 0.4) is 0 Å². The lowest BCUT2D eigenvalue weighted by Crippen LogP contribution is -2.49. The second kappa shape index (κ2) is 8.63. The maximum atomic E-state index is 13.0. The molecule has 2 aromatic rings. The molecule has 6 nitrogen and oxygen atoms in total. The molecule has 1 saturated heterocycles. The summed E-state index contributed by atoms with van der Waals surface area (Å²) < 4.78 is 49.7. The first-order valence-corrected chi connectivity index (χ1v) is 10.4. The average Bonchev–Trinajstić information content (AvgIpc) is 2.98. The molecule has 0 bridgehead atoms. The lowest BCUT2D eigenvalue weighted by atomic mass is 10.1. The maximum absolute atomic E-state index is 13.0. The second-order valence-electron chi connectivity index (χ2n) is 7.14. The number of carbonyl (C=O) groups is 1. The van der Waals surface area contributed by atoms with Crippen LogP contribution in [0, 0.1) is 0 Å². The van der Waals surface area contributed by atoms with E-state index in [0.717, 1.165) is 18.7 Å². The van der Waals surface area contributed by atoms with Gasteiger partial charge in [0, 0.05) is 44.4 Å². The summed E-state index contributed by atoms with van der Waals surface area (Å²) in [4.78, 5) is 20.3. The minimum atomic E-state index is -4.51. The molecule has 0 N–H and O–H groups in total. The largest absolute Gasteiger partial charge is 0.489 e. The van der Waals surface area contributed by atoms with Crippen molar-refractivity contribution in [2.45, 2.75) is 12.6 Å². The number of alkyl halides is 3. The smallest absolute Gasteiger partial charge is 0.417 e. The number of halogens is 5. The average molecular weight is 476 g/mol. The third-order valence-electron chi connectivity index (χ3n) is 5.06. The number of fused-ring (bicyclic) bond motifs is 1. The molecule has 4 rings (SSSR count). The van der Waals surface area contributed by atoms with Crippen molar-refractivity contribution in [3.05, 3.63) is 45.6 Å². The summed E-state index contributed by atoms with van der Waals surface area (Å²) in [5.41, 5.74) is -0.519. The quantitative estimate of drug-likeness (QED) is 0.638. The minimum absolute atomic E-state index is 0.0794. The number of amides is 1. The molecule has 2 aliphatic rings. The lowest BCUT2D eigenvalue weighted by Gasteiger charge is -2.36. The van der Waals surface area contributed by atoms with Gasteiger partial charge in [-0.25, -0.2) is 4.98 Å². The van der Waals surface area contributed by atoms with Gasteiger partial charge in [0.2, 0.25) is 0 Å². The van der Waals surface area contributed by atoms with Crippen molar-refractivity contribution in [3.8, 4) is 11.5 Å². The third-order valence-corrected chi connectivity index (χ3v) is 5.62. The van der Waals surface area contributed by atoms with Crippen LogP contribution in [0.25, 0.3) is 0 Å². The van der Waals surface area contributed by atoms with E-state index in [1.54, 1.807) is 21.9 Å². The van der Waals surface area contributed by atoms with Gasteiger partial charge in [0.15, 0.2) is 11.5 Å². The predicted molar refractivity (Wildman–Crippen MR) is 109 cm³/mol. The fourth-order valence-corrected chi connectivity index (χ4v) is 4.03. The summed E-state index contributed by atoms with van der Waals surface area (Å²) in [5.74, 6) is 0.917. The lowest BCUT2D eigenvalue weighted by molar-refractivity contribution is -0.137. The first kappa shape index (κ1) is 21.8. The molecule has 166 valence electrons. The summed E-state index contributed by atoms with van der Waals surface area (Å²) in [6, 6.07) is 4.04. The third kappa shape index (κ3) is 4.62. The first-order valence-electron chi connectivity index (χ1n) is 9.60. The number of carbonyl (C=O) groups excluding carboxylic acids is 1. The van der Waals surface area contributed by atoms with Crippen LogP contribution in [0.5, 0.6) is 11.5 Å². The number of anilines is 1. The van der Waals surface area contributed by atoms with Crippen LogP contribution in [-0.4, -0.2) is 55.2 Å². The molecule has 0 aliphatic carbocycles. The van der Waals surface area contributed by atoms with Crippen LogP contribution in [-0.2, 0) is 6.18 Å². The second-order valence-corrected chi connectivity index (χ2v) is 7.96. The fraction of sp³-hybridized carbons (Fsp3) is 0.400. The van der Waals surface area contributed by atoms with Gasteiger partial charge in [0.25, 0.3) is 5.91 Å². The topological polar surface area (TPSA) is 54.9 Å². The molecule has 31 heavy (non-hydrogen) atoms. The number of aromatic nitrogens is 1. The Bertz CT molecular complexity index is 996. The van der Waals surface area contributed by atoms with Gasteiger partial charge in [-0.2, -0.15) is 13.2 Å². The molecule has 0 saturated carbocycles. The number of pyridine rings is 1. The zero-order valence-corrected chi connectivity index (χ0v) is 17.7. The van der Waals surface area contributed by atoms with Crippen molar-refractivity contribution in [2.24, 2.45) is 0 Å². The first-order chi connectivity index (χ1) is 14.7. The van der Waals surface area contributed by atoms with E-state index in [2.05, 4.69) is 4.98 Å². The van der Waals surface area contributed by atoms with E-state index in [1.807, 2.05) is 0 Å². The monoisotopic (exact) mass is 475 g/mol. The van der Waals surface area contributed by atoms with Crippen molar-refractivity contribution < 1.29 is 27.4 Å². The zero-order chi connectivity index (χ0) is 22.2. The van der Waals surface area contributed by atoms with Gasteiger partial charge in [-0.05, 0) is 18.2 Å². The molecular weight excluding hydrogens is 458 g/mol. The summed E-state index contributed by atoms with van der Waals surface area (Å²) in [6.07, 6.45) is -3.03. The van der Waals surface area contributed by atoms with E-state index < -0.39 is 11.7 Å². The summed E-state index contributed by atoms with van der Waals surface area (Å²) in [6.45, 7) is 2.42. The van der Waals surface area contributed by atoms with E-state index >= 15 is 0 Å². The Morgan fingerprint density at radius 2 is 1.71 bits per heavy atom. The van der Waals surface area contributed by atoms with Gasteiger partial charge in [-0.1, -0.05) is 23.2 Å². The van der Waals surface area contributed by atoms with Crippen molar-refractivity contribution in [2.75, 3.05) is 44.3 Å². The number of nitrogens with zero attached hydrogens (tertiary/aromatic N) is 3. The Morgan fingerprint density at radius 3 is 2.39 bits per heavy atom. The number of rotatable bonds is 2. The van der Waals surface area contributed by atoms with E-state index in [1.165, 1.54) is 0 Å². The Hall–Kier alpha value is -2.39. The molecule has 3 heterocycles. The number of piperazine rings is 1. The Morgan fingerprint density at radius 1 is 1.00 bits per heavy atom. The van der Waals surface area contributed by atoms with Gasteiger partial charge >= 0.3 is 6.18 Å². The van der Waals surface area contributed by atoms with Crippen LogP contribution in [0.2, 0.25) is 10.0 Å². The van der Waals surface area contributed by atoms with Gasteiger partial charge in [0.1, 0.15) is 5.82 Å².